The highest BCUT2D eigenvalue weighted by atomic mass is 16.5. The molecule has 0 aliphatic heterocycles. The van der Waals surface area contributed by atoms with E-state index in [1.54, 1.807) is 7.11 Å². The zero-order valence-electron chi connectivity index (χ0n) is 11.9. The molecule has 0 saturated heterocycles. The van der Waals surface area contributed by atoms with Gasteiger partial charge in [-0.25, -0.2) is 4.98 Å². The highest BCUT2D eigenvalue weighted by Crippen LogP contribution is 2.31. The number of ether oxygens (including phenoxy) is 2. The normalized spacial score (nSPS) is 11.2. The smallest absolute Gasteiger partial charge is 0.262 e. The van der Waals surface area contributed by atoms with Crippen LogP contribution in [0.15, 0.2) is 6.33 Å². The lowest BCUT2D eigenvalue weighted by molar-refractivity contribution is 0.227. The summed E-state index contributed by atoms with van der Waals surface area (Å²) in [7, 11) is 1.59. The van der Waals surface area contributed by atoms with Gasteiger partial charge in [0.15, 0.2) is 5.82 Å². The van der Waals surface area contributed by atoms with Crippen LogP contribution in [0.5, 0.6) is 11.6 Å². The molecule has 5 heteroatoms. The first kappa shape index (κ1) is 14.5. The van der Waals surface area contributed by atoms with E-state index in [2.05, 4.69) is 36.1 Å². The number of aromatic nitrogens is 2. The number of nitrogens with one attached hydrogen (secondary N) is 1. The minimum absolute atomic E-state index is 0.241. The van der Waals surface area contributed by atoms with Crippen LogP contribution >= 0.6 is 0 Å². The van der Waals surface area contributed by atoms with Crippen molar-refractivity contribution in [1.29, 1.82) is 0 Å². The predicted octanol–water partition coefficient (Wildman–Crippen LogP) is 2.73. The van der Waals surface area contributed by atoms with Crippen LogP contribution in [0.3, 0.4) is 0 Å². The molecule has 5 nitrogen and oxygen atoms in total. The average Bonchev–Trinajstić information content (AvgIpc) is 2.28. The minimum atomic E-state index is 0.241. The molecular weight excluding hydrogens is 230 g/mol. The largest absolute Gasteiger partial charge is 0.489 e. The molecule has 0 unspecified atom stereocenters. The summed E-state index contributed by atoms with van der Waals surface area (Å²) in [6.45, 7) is 9.92. The van der Waals surface area contributed by atoms with E-state index in [0.29, 0.717) is 24.1 Å². The fraction of sp³-hybridized carbons (Fsp3) is 0.692. The van der Waals surface area contributed by atoms with Crippen LogP contribution in [0.1, 0.15) is 34.1 Å². The molecule has 0 bridgehead atoms. The van der Waals surface area contributed by atoms with Crippen molar-refractivity contribution in [3.63, 3.8) is 0 Å². The molecule has 0 saturated carbocycles. The third-order valence-corrected chi connectivity index (χ3v) is 2.41. The van der Waals surface area contributed by atoms with Gasteiger partial charge >= 0.3 is 0 Å². The highest BCUT2D eigenvalue weighted by Gasteiger charge is 2.15. The second kappa shape index (κ2) is 6.42. The second-order valence-electron chi connectivity index (χ2n) is 5.25. The quantitative estimate of drug-likeness (QED) is 0.844. The van der Waals surface area contributed by atoms with E-state index in [9.17, 15) is 0 Å². The molecular formula is C13H23N3O2. The summed E-state index contributed by atoms with van der Waals surface area (Å²) in [6, 6.07) is 0. The van der Waals surface area contributed by atoms with E-state index >= 15 is 0 Å². The molecule has 1 aromatic rings. The molecule has 1 N–H and O–H groups in total. The fourth-order valence-electron chi connectivity index (χ4n) is 1.39. The molecule has 0 aliphatic rings. The Labute approximate surface area is 109 Å². The van der Waals surface area contributed by atoms with Gasteiger partial charge in [-0.05, 0) is 18.8 Å². The lowest BCUT2D eigenvalue weighted by Gasteiger charge is -2.18. The number of hydrogen-bond donors (Lipinski definition) is 1. The van der Waals surface area contributed by atoms with Gasteiger partial charge in [-0.15, -0.1) is 0 Å². The molecule has 0 aliphatic carbocycles. The van der Waals surface area contributed by atoms with Gasteiger partial charge in [0, 0.05) is 6.54 Å². The first-order valence-corrected chi connectivity index (χ1v) is 6.23. The van der Waals surface area contributed by atoms with E-state index in [4.69, 9.17) is 9.47 Å². The van der Waals surface area contributed by atoms with Crippen molar-refractivity contribution >= 4 is 5.82 Å². The lowest BCUT2D eigenvalue weighted by atomic mass is 9.93. The van der Waals surface area contributed by atoms with Crippen molar-refractivity contribution in [3.05, 3.63) is 6.33 Å². The van der Waals surface area contributed by atoms with E-state index in [-0.39, 0.29) is 5.41 Å². The van der Waals surface area contributed by atoms with Crippen molar-refractivity contribution in [2.75, 3.05) is 25.6 Å². The molecule has 1 rings (SSSR count). The Morgan fingerprint density at radius 3 is 2.56 bits per heavy atom. The minimum Gasteiger partial charge on any atom is -0.489 e. The van der Waals surface area contributed by atoms with Crippen molar-refractivity contribution in [3.8, 4) is 11.6 Å². The van der Waals surface area contributed by atoms with Crippen LogP contribution < -0.4 is 14.8 Å². The summed E-state index contributed by atoms with van der Waals surface area (Å²) < 4.78 is 11.0. The Kier molecular flexibility index (Phi) is 5.19. The summed E-state index contributed by atoms with van der Waals surface area (Å²) >= 11 is 0. The Morgan fingerprint density at radius 1 is 1.28 bits per heavy atom. The number of rotatable bonds is 6. The number of methoxy groups -OCH3 is 1. The first-order chi connectivity index (χ1) is 8.48. The van der Waals surface area contributed by atoms with Gasteiger partial charge in [-0.1, -0.05) is 20.8 Å². The van der Waals surface area contributed by atoms with Gasteiger partial charge in [0.05, 0.1) is 13.7 Å². The van der Waals surface area contributed by atoms with Crippen LogP contribution in [-0.4, -0.2) is 30.2 Å². The molecule has 102 valence electrons. The zero-order valence-corrected chi connectivity index (χ0v) is 11.9. The summed E-state index contributed by atoms with van der Waals surface area (Å²) in [6.07, 6.45) is 2.43. The third-order valence-electron chi connectivity index (χ3n) is 2.41. The molecule has 1 heterocycles. The van der Waals surface area contributed by atoms with Crippen LogP contribution in [0.25, 0.3) is 0 Å². The van der Waals surface area contributed by atoms with E-state index in [0.717, 1.165) is 13.0 Å². The predicted molar refractivity (Wildman–Crippen MR) is 72.3 cm³/mol. The van der Waals surface area contributed by atoms with Crippen LogP contribution in [0.2, 0.25) is 0 Å². The van der Waals surface area contributed by atoms with Crippen molar-refractivity contribution < 1.29 is 9.47 Å². The first-order valence-electron chi connectivity index (χ1n) is 6.23. The van der Waals surface area contributed by atoms with Crippen molar-refractivity contribution in [2.24, 2.45) is 5.41 Å². The molecule has 0 radical (unpaired) electrons. The van der Waals surface area contributed by atoms with Gasteiger partial charge in [-0.3, -0.25) is 0 Å². The molecule has 18 heavy (non-hydrogen) atoms. The van der Waals surface area contributed by atoms with E-state index in [1.807, 2.05) is 6.92 Å². The molecule has 0 spiro atoms. The Hall–Kier alpha value is -1.52. The average molecular weight is 253 g/mol. The Morgan fingerprint density at radius 2 is 2.00 bits per heavy atom. The lowest BCUT2D eigenvalue weighted by Crippen LogP contribution is -2.12. The van der Waals surface area contributed by atoms with E-state index < -0.39 is 0 Å². The zero-order chi connectivity index (χ0) is 13.6. The van der Waals surface area contributed by atoms with Crippen LogP contribution in [-0.2, 0) is 0 Å². The van der Waals surface area contributed by atoms with Gasteiger partial charge in [0.1, 0.15) is 6.33 Å². The SMILES string of the molecule is CCNc1ncnc(OCCC(C)(C)C)c1OC. The van der Waals surface area contributed by atoms with Crippen LogP contribution in [0, 0.1) is 5.41 Å². The monoisotopic (exact) mass is 253 g/mol. The van der Waals surface area contributed by atoms with Gasteiger partial charge in [0.2, 0.25) is 5.75 Å². The molecule has 0 fully saturated rings. The Balaban J connectivity index is 2.72. The van der Waals surface area contributed by atoms with Crippen molar-refractivity contribution in [2.45, 2.75) is 34.1 Å². The molecule has 0 atom stereocenters. The maximum Gasteiger partial charge on any atom is 0.262 e. The third kappa shape index (κ3) is 4.39. The van der Waals surface area contributed by atoms with Gasteiger partial charge in [0.25, 0.3) is 5.88 Å². The maximum atomic E-state index is 5.67. The topological polar surface area (TPSA) is 56.3 Å². The van der Waals surface area contributed by atoms with Crippen molar-refractivity contribution in [1.82, 2.24) is 9.97 Å². The Bertz CT molecular complexity index is 375. The molecule has 0 amide bonds. The number of hydrogen-bond acceptors (Lipinski definition) is 5. The van der Waals surface area contributed by atoms with Crippen LogP contribution in [0.4, 0.5) is 5.82 Å². The molecule has 1 aromatic heterocycles. The number of nitrogens with zero attached hydrogens (tertiary/aromatic N) is 2. The maximum absolute atomic E-state index is 5.67. The summed E-state index contributed by atoms with van der Waals surface area (Å²) in [5, 5.41) is 3.12. The summed E-state index contributed by atoms with van der Waals surface area (Å²) in [4.78, 5) is 8.24. The van der Waals surface area contributed by atoms with Gasteiger partial charge in [-0.2, -0.15) is 4.98 Å². The number of anilines is 1. The summed E-state index contributed by atoms with van der Waals surface area (Å²) in [5.74, 6) is 1.72. The van der Waals surface area contributed by atoms with E-state index in [1.165, 1.54) is 6.33 Å². The van der Waals surface area contributed by atoms with Gasteiger partial charge < -0.3 is 14.8 Å². The summed E-state index contributed by atoms with van der Waals surface area (Å²) in [5.41, 5.74) is 0.241. The highest BCUT2D eigenvalue weighted by molar-refractivity contribution is 5.54. The molecule has 0 aromatic carbocycles. The standard InChI is InChI=1S/C13H23N3O2/c1-6-14-11-10(17-5)12(16-9-15-11)18-8-7-13(2,3)4/h9H,6-8H2,1-5H3,(H,14,15,16). The fourth-order valence-corrected chi connectivity index (χ4v) is 1.39. The second-order valence-corrected chi connectivity index (χ2v) is 5.25.